The summed E-state index contributed by atoms with van der Waals surface area (Å²) >= 11 is 1.48. The maximum absolute atomic E-state index is 11.9. The lowest BCUT2D eigenvalue weighted by atomic mass is 10.1. The SMILES string of the molecule is Cc1cc(CC(=O)Nc2ncc([C@H]3CC[C@@H](O)C3)s2)on1. The monoisotopic (exact) mass is 307 g/mol. The topological polar surface area (TPSA) is 88.2 Å². The van der Waals surface area contributed by atoms with E-state index >= 15 is 0 Å². The maximum atomic E-state index is 11.9. The number of nitrogens with zero attached hydrogens (tertiary/aromatic N) is 2. The lowest BCUT2D eigenvalue weighted by molar-refractivity contribution is -0.115. The van der Waals surface area contributed by atoms with Gasteiger partial charge in [0.1, 0.15) is 5.76 Å². The summed E-state index contributed by atoms with van der Waals surface area (Å²) in [5.41, 5.74) is 0.758. The Labute approximate surface area is 126 Å². The summed E-state index contributed by atoms with van der Waals surface area (Å²) in [6, 6.07) is 1.74. The van der Waals surface area contributed by atoms with Crippen molar-refractivity contribution in [3.05, 3.63) is 28.6 Å². The highest BCUT2D eigenvalue weighted by molar-refractivity contribution is 7.15. The van der Waals surface area contributed by atoms with E-state index < -0.39 is 0 Å². The van der Waals surface area contributed by atoms with Crippen molar-refractivity contribution in [3.63, 3.8) is 0 Å². The van der Waals surface area contributed by atoms with Gasteiger partial charge < -0.3 is 14.9 Å². The second-order valence-electron chi connectivity index (χ2n) is 5.39. The predicted molar refractivity (Wildman–Crippen MR) is 78.3 cm³/mol. The number of rotatable bonds is 4. The minimum absolute atomic E-state index is 0.151. The molecule has 2 heterocycles. The van der Waals surface area contributed by atoms with Gasteiger partial charge in [-0.05, 0) is 32.1 Å². The molecule has 0 spiro atoms. The fourth-order valence-corrected chi connectivity index (χ4v) is 3.55. The molecule has 1 saturated carbocycles. The zero-order chi connectivity index (χ0) is 14.8. The van der Waals surface area contributed by atoms with Crippen molar-refractivity contribution >= 4 is 22.4 Å². The summed E-state index contributed by atoms with van der Waals surface area (Å²) in [7, 11) is 0. The number of carbonyl (C=O) groups excluding carboxylic acids is 1. The van der Waals surface area contributed by atoms with E-state index in [2.05, 4.69) is 15.5 Å². The van der Waals surface area contributed by atoms with E-state index in [1.807, 2.05) is 6.92 Å². The molecule has 1 fully saturated rings. The van der Waals surface area contributed by atoms with Crippen LogP contribution in [0.5, 0.6) is 0 Å². The molecule has 1 amide bonds. The van der Waals surface area contributed by atoms with Crippen LogP contribution in [-0.4, -0.2) is 27.3 Å². The van der Waals surface area contributed by atoms with Crippen molar-refractivity contribution in [3.8, 4) is 0 Å². The van der Waals surface area contributed by atoms with E-state index in [4.69, 9.17) is 4.52 Å². The molecule has 6 nitrogen and oxygen atoms in total. The molecule has 0 unspecified atom stereocenters. The first-order valence-electron chi connectivity index (χ1n) is 6.96. The number of aryl methyl sites for hydroxylation is 1. The Morgan fingerprint density at radius 2 is 2.43 bits per heavy atom. The Morgan fingerprint density at radius 3 is 3.10 bits per heavy atom. The quantitative estimate of drug-likeness (QED) is 0.904. The molecule has 1 aliphatic carbocycles. The Morgan fingerprint density at radius 1 is 1.57 bits per heavy atom. The van der Waals surface area contributed by atoms with E-state index in [0.29, 0.717) is 16.8 Å². The summed E-state index contributed by atoms with van der Waals surface area (Å²) in [4.78, 5) is 17.3. The van der Waals surface area contributed by atoms with Gasteiger partial charge in [-0.15, -0.1) is 11.3 Å². The van der Waals surface area contributed by atoms with Gasteiger partial charge in [0.25, 0.3) is 0 Å². The first kappa shape index (κ1) is 14.2. The molecule has 0 radical (unpaired) electrons. The highest BCUT2D eigenvalue weighted by atomic mass is 32.1. The van der Waals surface area contributed by atoms with Crippen LogP contribution in [0.1, 0.15) is 41.5 Å². The Kier molecular flexibility index (Phi) is 4.03. The molecule has 112 valence electrons. The molecule has 7 heteroatoms. The van der Waals surface area contributed by atoms with Crippen LogP contribution < -0.4 is 5.32 Å². The third-order valence-electron chi connectivity index (χ3n) is 3.59. The van der Waals surface area contributed by atoms with Crippen LogP contribution in [-0.2, 0) is 11.2 Å². The number of hydrogen-bond donors (Lipinski definition) is 2. The second kappa shape index (κ2) is 5.95. The van der Waals surface area contributed by atoms with Crippen LogP contribution in [0, 0.1) is 6.92 Å². The second-order valence-corrected chi connectivity index (χ2v) is 6.45. The van der Waals surface area contributed by atoms with Crippen molar-refractivity contribution in [2.24, 2.45) is 0 Å². The van der Waals surface area contributed by atoms with Crippen LogP contribution in [0.4, 0.5) is 5.13 Å². The van der Waals surface area contributed by atoms with Crippen molar-refractivity contribution in [2.75, 3.05) is 5.32 Å². The van der Waals surface area contributed by atoms with E-state index in [-0.39, 0.29) is 18.4 Å². The first-order valence-corrected chi connectivity index (χ1v) is 7.77. The third-order valence-corrected chi connectivity index (χ3v) is 4.66. The average Bonchev–Trinajstić information content (AvgIpc) is 3.12. The Bertz CT molecular complexity index is 637. The number of aromatic nitrogens is 2. The van der Waals surface area contributed by atoms with Gasteiger partial charge >= 0.3 is 0 Å². The van der Waals surface area contributed by atoms with Crippen molar-refractivity contribution in [1.29, 1.82) is 0 Å². The number of anilines is 1. The number of carbonyl (C=O) groups is 1. The van der Waals surface area contributed by atoms with Gasteiger partial charge in [-0.2, -0.15) is 0 Å². The third kappa shape index (κ3) is 3.48. The molecule has 21 heavy (non-hydrogen) atoms. The van der Waals surface area contributed by atoms with Gasteiger partial charge in [0.05, 0.1) is 18.2 Å². The number of amides is 1. The smallest absolute Gasteiger partial charge is 0.233 e. The average molecular weight is 307 g/mol. The van der Waals surface area contributed by atoms with E-state index in [1.54, 1.807) is 12.3 Å². The summed E-state index contributed by atoms with van der Waals surface area (Å²) in [6.45, 7) is 1.81. The highest BCUT2D eigenvalue weighted by Gasteiger charge is 2.26. The molecule has 0 aromatic carbocycles. The summed E-state index contributed by atoms with van der Waals surface area (Å²) in [5.74, 6) is 0.735. The normalized spacial score (nSPS) is 21.6. The standard InChI is InChI=1S/C14H17N3O3S/c1-8-4-11(20-17-8)6-13(19)16-14-15-7-12(21-14)9-2-3-10(18)5-9/h4,7,9-10,18H,2-3,5-6H2,1H3,(H,15,16,19)/t9-,10+/m0/s1. The predicted octanol–water partition coefficient (Wildman–Crippen LogP) is 2.25. The minimum atomic E-state index is -0.204. The number of aliphatic hydroxyl groups is 1. The molecule has 1 aliphatic rings. The molecular weight excluding hydrogens is 290 g/mol. The molecule has 0 bridgehead atoms. The molecule has 2 aromatic rings. The van der Waals surface area contributed by atoms with E-state index in [9.17, 15) is 9.90 Å². The fourth-order valence-electron chi connectivity index (χ4n) is 2.57. The van der Waals surface area contributed by atoms with Crippen LogP contribution in [0.2, 0.25) is 0 Å². The lowest BCUT2D eigenvalue weighted by Gasteiger charge is -2.04. The number of nitrogens with one attached hydrogen (secondary N) is 1. The van der Waals surface area contributed by atoms with Crippen molar-refractivity contribution < 1.29 is 14.4 Å². The summed E-state index contributed by atoms with van der Waals surface area (Å²) in [5, 5.41) is 16.7. The number of thiazole rings is 1. The highest BCUT2D eigenvalue weighted by Crippen LogP contribution is 2.38. The van der Waals surface area contributed by atoms with Gasteiger partial charge in [-0.25, -0.2) is 4.98 Å². The van der Waals surface area contributed by atoms with Crippen molar-refractivity contribution in [2.45, 2.75) is 44.6 Å². The first-order chi connectivity index (χ1) is 10.1. The fraction of sp³-hybridized carbons (Fsp3) is 0.500. The molecule has 0 aliphatic heterocycles. The molecule has 0 saturated heterocycles. The molecular formula is C14H17N3O3S. The lowest BCUT2D eigenvalue weighted by Crippen LogP contribution is -2.13. The van der Waals surface area contributed by atoms with Crippen LogP contribution in [0.15, 0.2) is 16.8 Å². The number of aliphatic hydroxyl groups excluding tert-OH is 1. The van der Waals surface area contributed by atoms with Gasteiger partial charge in [0.2, 0.25) is 5.91 Å². The molecule has 2 N–H and O–H groups in total. The number of hydrogen-bond acceptors (Lipinski definition) is 6. The minimum Gasteiger partial charge on any atom is -0.393 e. The zero-order valence-electron chi connectivity index (χ0n) is 11.7. The largest absolute Gasteiger partial charge is 0.393 e. The van der Waals surface area contributed by atoms with Gasteiger partial charge in [0, 0.05) is 17.1 Å². The molecule has 2 atom stereocenters. The van der Waals surface area contributed by atoms with E-state index in [0.717, 1.165) is 29.8 Å². The van der Waals surface area contributed by atoms with Crippen LogP contribution >= 0.6 is 11.3 Å². The van der Waals surface area contributed by atoms with Crippen molar-refractivity contribution in [1.82, 2.24) is 10.1 Å². The zero-order valence-corrected chi connectivity index (χ0v) is 12.5. The molecule has 2 aromatic heterocycles. The maximum Gasteiger partial charge on any atom is 0.233 e. The summed E-state index contributed by atoms with van der Waals surface area (Å²) in [6.07, 6.45) is 4.35. The van der Waals surface area contributed by atoms with Gasteiger partial charge in [0.15, 0.2) is 5.13 Å². The Balaban J connectivity index is 1.58. The van der Waals surface area contributed by atoms with Crippen LogP contribution in [0.25, 0.3) is 0 Å². The summed E-state index contributed by atoms with van der Waals surface area (Å²) < 4.78 is 5.02. The van der Waals surface area contributed by atoms with E-state index in [1.165, 1.54) is 11.3 Å². The van der Waals surface area contributed by atoms with Crippen LogP contribution in [0.3, 0.4) is 0 Å². The Hall–Kier alpha value is -1.73. The van der Waals surface area contributed by atoms with Gasteiger partial charge in [-0.3, -0.25) is 4.79 Å². The van der Waals surface area contributed by atoms with Gasteiger partial charge in [-0.1, -0.05) is 5.16 Å². The molecule has 3 rings (SSSR count).